The van der Waals surface area contributed by atoms with Gasteiger partial charge < -0.3 is 15.4 Å². The predicted molar refractivity (Wildman–Crippen MR) is 121 cm³/mol. The molecule has 6 nitrogen and oxygen atoms in total. The van der Waals surface area contributed by atoms with Gasteiger partial charge in [-0.3, -0.25) is 4.90 Å². The summed E-state index contributed by atoms with van der Waals surface area (Å²) in [5.41, 5.74) is 3.79. The molecule has 0 amide bonds. The van der Waals surface area contributed by atoms with Gasteiger partial charge in [-0.05, 0) is 24.5 Å². The number of hydrogen-bond donors (Lipinski definition) is 2. The van der Waals surface area contributed by atoms with Crippen LogP contribution in [-0.4, -0.2) is 55.2 Å². The minimum Gasteiger partial charge on any atom is -0.379 e. The second kappa shape index (κ2) is 11.9. The molecule has 0 radical (unpaired) electrons. The first-order valence-corrected chi connectivity index (χ1v) is 11.5. The van der Waals surface area contributed by atoms with Crippen LogP contribution in [-0.2, 0) is 30.7 Å². The molecule has 0 bridgehead atoms. The van der Waals surface area contributed by atoms with Crippen LogP contribution < -0.4 is 10.6 Å². The molecule has 0 atom stereocenters. The van der Waals surface area contributed by atoms with Gasteiger partial charge in [0.05, 0.1) is 30.5 Å². The molecule has 2 heterocycles. The number of ether oxygens (including phenoxy) is 1. The first-order valence-electron chi connectivity index (χ1n) is 10.6. The zero-order valence-corrected chi connectivity index (χ0v) is 18.4. The van der Waals surface area contributed by atoms with Crippen LogP contribution in [0.25, 0.3) is 0 Å². The molecule has 29 heavy (non-hydrogen) atoms. The van der Waals surface area contributed by atoms with E-state index in [4.69, 9.17) is 9.73 Å². The molecule has 1 aliphatic rings. The van der Waals surface area contributed by atoms with Gasteiger partial charge in [0.15, 0.2) is 5.96 Å². The summed E-state index contributed by atoms with van der Waals surface area (Å²) >= 11 is 1.75. The molecule has 0 spiro atoms. The molecule has 1 saturated heterocycles. The Morgan fingerprint density at radius 2 is 1.97 bits per heavy atom. The number of hydrogen-bond acceptors (Lipinski definition) is 5. The van der Waals surface area contributed by atoms with E-state index < -0.39 is 0 Å². The summed E-state index contributed by atoms with van der Waals surface area (Å²) in [4.78, 5) is 11.9. The van der Waals surface area contributed by atoms with Gasteiger partial charge in [0.25, 0.3) is 0 Å². The quantitative estimate of drug-likeness (QED) is 0.487. The lowest BCUT2D eigenvalue weighted by Gasteiger charge is -2.27. The van der Waals surface area contributed by atoms with Gasteiger partial charge in [0.1, 0.15) is 0 Å². The van der Waals surface area contributed by atoms with Crippen LogP contribution in [0.3, 0.4) is 0 Å². The maximum absolute atomic E-state index is 5.47. The van der Waals surface area contributed by atoms with Crippen LogP contribution in [0.4, 0.5) is 0 Å². The van der Waals surface area contributed by atoms with E-state index in [-0.39, 0.29) is 0 Å². The zero-order chi connectivity index (χ0) is 20.3. The van der Waals surface area contributed by atoms with E-state index in [0.717, 1.165) is 70.4 Å². The number of aliphatic imine (C=N–C) groups is 1. The molecule has 0 unspecified atom stereocenters. The molecule has 7 heteroatoms. The van der Waals surface area contributed by atoms with Crippen LogP contribution in [0.15, 0.2) is 34.6 Å². The largest absolute Gasteiger partial charge is 0.379 e. The van der Waals surface area contributed by atoms with Gasteiger partial charge in [-0.2, -0.15) is 0 Å². The average molecular weight is 416 g/mol. The summed E-state index contributed by atoms with van der Waals surface area (Å²) in [6, 6.07) is 8.62. The minimum absolute atomic E-state index is 0.673. The van der Waals surface area contributed by atoms with Gasteiger partial charge in [-0.15, -0.1) is 11.3 Å². The summed E-state index contributed by atoms with van der Waals surface area (Å²) in [7, 11) is 0. The maximum Gasteiger partial charge on any atom is 0.191 e. The number of aromatic nitrogens is 1. The zero-order valence-electron chi connectivity index (χ0n) is 17.6. The Labute approximate surface area is 178 Å². The topological polar surface area (TPSA) is 61.8 Å². The van der Waals surface area contributed by atoms with E-state index in [0.29, 0.717) is 6.54 Å². The molecule has 1 aromatic carbocycles. The van der Waals surface area contributed by atoms with E-state index in [1.165, 1.54) is 16.1 Å². The van der Waals surface area contributed by atoms with Crippen molar-refractivity contribution < 1.29 is 4.74 Å². The molecule has 0 aliphatic carbocycles. The molecule has 158 valence electrons. The highest BCUT2D eigenvalue weighted by atomic mass is 32.1. The first kappa shape index (κ1) is 21.7. The fourth-order valence-corrected chi connectivity index (χ4v) is 4.09. The average Bonchev–Trinajstić information content (AvgIpc) is 3.22. The molecule has 0 saturated carbocycles. The second-order valence-corrected chi connectivity index (χ2v) is 8.06. The van der Waals surface area contributed by atoms with Gasteiger partial charge in [0, 0.05) is 44.5 Å². The smallest absolute Gasteiger partial charge is 0.191 e. The molecule has 1 aliphatic heterocycles. The predicted octanol–water partition coefficient (Wildman–Crippen LogP) is 2.84. The number of thiazole rings is 1. The monoisotopic (exact) mass is 415 g/mol. The van der Waals surface area contributed by atoms with E-state index in [2.05, 4.69) is 64.0 Å². The van der Waals surface area contributed by atoms with Crippen molar-refractivity contribution in [2.24, 2.45) is 4.99 Å². The number of morpholine rings is 1. The van der Waals surface area contributed by atoms with E-state index in [9.17, 15) is 0 Å². The molecule has 1 fully saturated rings. The van der Waals surface area contributed by atoms with E-state index >= 15 is 0 Å². The molecule has 2 N–H and O–H groups in total. The molecule has 2 aromatic rings. The van der Waals surface area contributed by atoms with Crippen LogP contribution >= 0.6 is 11.3 Å². The molecule has 1 aromatic heterocycles. The van der Waals surface area contributed by atoms with Crippen molar-refractivity contribution in [3.05, 3.63) is 51.5 Å². The van der Waals surface area contributed by atoms with Crippen molar-refractivity contribution >= 4 is 17.3 Å². The summed E-state index contributed by atoms with van der Waals surface area (Å²) in [5.74, 6) is 0.861. The van der Waals surface area contributed by atoms with Crippen molar-refractivity contribution in [1.29, 1.82) is 0 Å². The van der Waals surface area contributed by atoms with Gasteiger partial charge in [0.2, 0.25) is 0 Å². The SMILES string of the molecule is CCNC(=NCc1ccccc1CN1CCOCC1)NCCc1csc(CC)n1. The van der Waals surface area contributed by atoms with E-state index in [1.54, 1.807) is 11.3 Å². The Morgan fingerprint density at radius 1 is 1.17 bits per heavy atom. The van der Waals surface area contributed by atoms with Crippen molar-refractivity contribution in [1.82, 2.24) is 20.5 Å². The van der Waals surface area contributed by atoms with Crippen LogP contribution in [0.2, 0.25) is 0 Å². The second-order valence-electron chi connectivity index (χ2n) is 7.12. The Morgan fingerprint density at radius 3 is 2.69 bits per heavy atom. The lowest BCUT2D eigenvalue weighted by atomic mass is 10.1. The van der Waals surface area contributed by atoms with Crippen molar-refractivity contribution in [3.8, 4) is 0 Å². The number of benzene rings is 1. The van der Waals surface area contributed by atoms with Crippen LogP contribution in [0, 0.1) is 0 Å². The third-order valence-electron chi connectivity index (χ3n) is 4.94. The number of nitrogens with zero attached hydrogens (tertiary/aromatic N) is 3. The van der Waals surface area contributed by atoms with Crippen molar-refractivity contribution in [2.45, 2.75) is 39.8 Å². The first-order chi connectivity index (χ1) is 14.3. The molecular formula is C22H33N5OS. The highest BCUT2D eigenvalue weighted by molar-refractivity contribution is 7.09. The standard InChI is InChI=1S/C22H33N5OS/c1-3-21-26-20(17-29-21)9-10-24-22(23-4-2)25-15-18-7-5-6-8-19(18)16-27-11-13-28-14-12-27/h5-8,17H,3-4,9-16H2,1-2H3,(H2,23,24,25). The Hall–Kier alpha value is -1.96. The number of aryl methyl sites for hydroxylation is 1. The van der Waals surface area contributed by atoms with Gasteiger partial charge in [-0.1, -0.05) is 31.2 Å². The third-order valence-corrected chi connectivity index (χ3v) is 5.99. The Kier molecular flexibility index (Phi) is 8.92. The lowest BCUT2D eigenvalue weighted by Crippen LogP contribution is -2.38. The van der Waals surface area contributed by atoms with Crippen LogP contribution in [0.5, 0.6) is 0 Å². The Balaban J connectivity index is 1.56. The van der Waals surface area contributed by atoms with Crippen molar-refractivity contribution in [2.75, 3.05) is 39.4 Å². The number of nitrogens with one attached hydrogen (secondary N) is 2. The summed E-state index contributed by atoms with van der Waals surface area (Å²) in [5, 5.41) is 10.2. The summed E-state index contributed by atoms with van der Waals surface area (Å²) < 4.78 is 5.47. The van der Waals surface area contributed by atoms with Crippen LogP contribution in [0.1, 0.15) is 35.7 Å². The van der Waals surface area contributed by atoms with Crippen molar-refractivity contribution in [3.63, 3.8) is 0 Å². The minimum atomic E-state index is 0.673. The molecule has 3 rings (SSSR count). The van der Waals surface area contributed by atoms with E-state index in [1.807, 2.05) is 0 Å². The Bertz CT molecular complexity index is 770. The van der Waals surface area contributed by atoms with Gasteiger partial charge in [-0.25, -0.2) is 9.98 Å². The summed E-state index contributed by atoms with van der Waals surface area (Å²) in [6.07, 6.45) is 1.92. The fraction of sp³-hybridized carbons (Fsp3) is 0.545. The third kappa shape index (κ3) is 7.10. The number of guanidine groups is 1. The summed E-state index contributed by atoms with van der Waals surface area (Å²) in [6.45, 7) is 11.2. The molecular weight excluding hydrogens is 382 g/mol. The van der Waals surface area contributed by atoms with Gasteiger partial charge >= 0.3 is 0 Å². The maximum atomic E-state index is 5.47. The normalized spacial score (nSPS) is 15.4. The number of rotatable bonds is 9. The highest BCUT2D eigenvalue weighted by Crippen LogP contribution is 2.14. The highest BCUT2D eigenvalue weighted by Gasteiger charge is 2.12. The fourth-order valence-electron chi connectivity index (χ4n) is 3.31. The lowest BCUT2D eigenvalue weighted by molar-refractivity contribution is 0.0341.